The number of pyridine rings is 1. The summed E-state index contributed by atoms with van der Waals surface area (Å²) in [5.41, 5.74) is -0.751. The highest BCUT2D eigenvalue weighted by molar-refractivity contribution is 5.47. The Balaban J connectivity index is 1.90. The van der Waals surface area contributed by atoms with Gasteiger partial charge in [0.15, 0.2) is 0 Å². The number of hydrogen-bond acceptors (Lipinski definition) is 3. The van der Waals surface area contributed by atoms with Gasteiger partial charge in [0, 0.05) is 19.3 Å². The molecule has 2 aliphatic rings. The predicted octanol–water partition coefficient (Wildman–Crippen LogP) is 1.60. The summed E-state index contributed by atoms with van der Waals surface area (Å²) in [6.07, 6.45) is -4.32. The van der Waals surface area contributed by atoms with Crippen LogP contribution in [0.4, 0.5) is 23.4 Å². The van der Waals surface area contributed by atoms with Crippen molar-refractivity contribution in [1.82, 2.24) is 10.3 Å². The van der Waals surface area contributed by atoms with Crippen molar-refractivity contribution in [1.29, 1.82) is 0 Å². The lowest BCUT2D eigenvalue weighted by Crippen LogP contribution is -2.44. The molecule has 0 radical (unpaired) electrons. The van der Waals surface area contributed by atoms with Crippen molar-refractivity contribution < 1.29 is 17.6 Å². The van der Waals surface area contributed by atoms with Crippen LogP contribution in [-0.4, -0.2) is 36.3 Å². The van der Waals surface area contributed by atoms with Gasteiger partial charge >= 0.3 is 6.18 Å². The van der Waals surface area contributed by atoms with Crippen molar-refractivity contribution in [2.75, 3.05) is 18.0 Å². The zero-order valence-corrected chi connectivity index (χ0v) is 9.28. The van der Waals surface area contributed by atoms with E-state index in [1.807, 2.05) is 0 Å². The van der Waals surface area contributed by atoms with E-state index in [-0.39, 0.29) is 11.9 Å². The lowest BCUT2D eigenvalue weighted by molar-refractivity contribution is -0.137. The van der Waals surface area contributed by atoms with Crippen LogP contribution >= 0.6 is 0 Å². The summed E-state index contributed by atoms with van der Waals surface area (Å²) in [6.45, 7) is 0.809. The largest absolute Gasteiger partial charge is 0.416 e. The van der Waals surface area contributed by atoms with Crippen LogP contribution in [0, 0.1) is 0 Å². The summed E-state index contributed by atoms with van der Waals surface area (Å²) in [7, 11) is 0. The van der Waals surface area contributed by atoms with Gasteiger partial charge in [0.1, 0.15) is 12.0 Å². The molecule has 0 spiro atoms. The summed E-state index contributed by atoms with van der Waals surface area (Å²) >= 11 is 0. The molecule has 3 heterocycles. The average Bonchev–Trinajstić information content (AvgIpc) is 2.84. The van der Waals surface area contributed by atoms with Crippen LogP contribution in [0.1, 0.15) is 5.56 Å². The minimum atomic E-state index is -4.40. The molecule has 2 fully saturated rings. The van der Waals surface area contributed by atoms with Crippen LogP contribution in [0.25, 0.3) is 0 Å². The van der Waals surface area contributed by atoms with Crippen LogP contribution in [-0.2, 0) is 6.18 Å². The zero-order chi connectivity index (χ0) is 12.9. The fourth-order valence-electron chi connectivity index (χ4n) is 2.58. The van der Waals surface area contributed by atoms with Gasteiger partial charge in [-0.1, -0.05) is 0 Å². The molecule has 2 saturated heterocycles. The molecule has 1 unspecified atom stereocenters. The van der Waals surface area contributed by atoms with Gasteiger partial charge in [-0.2, -0.15) is 13.2 Å². The van der Waals surface area contributed by atoms with E-state index in [1.165, 1.54) is 0 Å². The monoisotopic (exact) mass is 261 g/mol. The van der Waals surface area contributed by atoms with Crippen molar-refractivity contribution >= 4 is 5.82 Å². The molecular weight excluding hydrogens is 250 g/mol. The molecule has 1 aromatic rings. The van der Waals surface area contributed by atoms with E-state index in [1.54, 1.807) is 4.90 Å². The molecular formula is C11H11F4N3. The van der Waals surface area contributed by atoms with Gasteiger partial charge in [-0.25, -0.2) is 9.37 Å². The topological polar surface area (TPSA) is 28.2 Å². The lowest BCUT2D eigenvalue weighted by atomic mass is 10.2. The van der Waals surface area contributed by atoms with Gasteiger partial charge in [0.25, 0.3) is 0 Å². The number of rotatable bonds is 1. The fourth-order valence-corrected chi connectivity index (χ4v) is 2.58. The molecule has 0 saturated carbocycles. The predicted molar refractivity (Wildman–Crippen MR) is 57.1 cm³/mol. The minimum absolute atomic E-state index is 0.196. The van der Waals surface area contributed by atoms with E-state index in [0.717, 1.165) is 18.3 Å². The first-order valence-corrected chi connectivity index (χ1v) is 5.64. The maximum Gasteiger partial charge on any atom is 0.416 e. The van der Waals surface area contributed by atoms with E-state index in [4.69, 9.17) is 0 Å². The highest BCUT2D eigenvalue weighted by Crippen LogP contribution is 2.34. The molecule has 0 aromatic carbocycles. The van der Waals surface area contributed by atoms with Crippen molar-refractivity contribution in [3.05, 3.63) is 23.9 Å². The Hall–Kier alpha value is -1.37. The number of aromatic nitrogens is 1. The fraction of sp³-hybridized carbons (Fsp3) is 0.545. The third kappa shape index (κ3) is 1.73. The average molecular weight is 261 g/mol. The number of halogens is 4. The Morgan fingerprint density at radius 1 is 1.39 bits per heavy atom. The van der Waals surface area contributed by atoms with Gasteiger partial charge in [-0.3, -0.25) is 0 Å². The van der Waals surface area contributed by atoms with Crippen LogP contribution in [0.2, 0.25) is 0 Å². The van der Waals surface area contributed by atoms with Crippen molar-refractivity contribution in [2.45, 2.75) is 24.4 Å². The summed E-state index contributed by atoms with van der Waals surface area (Å²) in [5, 5.41) is 2.98. The zero-order valence-electron chi connectivity index (χ0n) is 9.28. The van der Waals surface area contributed by atoms with E-state index >= 15 is 0 Å². The SMILES string of the molecule is FC1[C@H]2CN[C@@H]1CN2c1cc(C(F)(F)F)ccn1. The molecule has 1 aromatic heterocycles. The maximum atomic E-state index is 13.7. The second-order valence-corrected chi connectivity index (χ2v) is 4.58. The summed E-state index contributed by atoms with van der Waals surface area (Å²) in [6, 6.07) is 1.19. The second-order valence-electron chi connectivity index (χ2n) is 4.58. The van der Waals surface area contributed by atoms with Gasteiger partial charge in [-0.15, -0.1) is 0 Å². The quantitative estimate of drug-likeness (QED) is 0.778. The molecule has 3 nitrogen and oxygen atoms in total. The van der Waals surface area contributed by atoms with Gasteiger partial charge in [0.05, 0.1) is 17.6 Å². The molecule has 0 aliphatic carbocycles. The third-order valence-corrected chi connectivity index (χ3v) is 3.50. The number of alkyl halides is 4. The van der Waals surface area contributed by atoms with E-state index < -0.39 is 24.0 Å². The number of nitrogens with one attached hydrogen (secondary N) is 1. The summed E-state index contributed by atoms with van der Waals surface area (Å²) in [4.78, 5) is 5.53. The Labute approximate surface area is 101 Å². The van der Waals surface area contributed by atoms with Gasteiger partial charge < -0.3 is 10.2 Å². The van der Waals surface area contributed by atoms with Crippen LogP contribution in [0.3, 0.4) is 0 Å². The molecule has 2 aliphatic heterocycles. The Kier molecular flexibility index (Phi) is 2.48. The van der Waals surface area contributed by atoms with E-state index in [9.17, 15) is 17.6 Å². The van der Waals surface area contributed by atoms with E-state index in [0.29, 0.717) is 13.1 Å². The smallest absolute Gasteiger partial charge is 0.348 e. The van der Waals surface area contributed by atoms with Gasteiger partial charge in [-0.05, 0) is 12.1 Å². The highest BCUT2D eigenvalue weighted by atomic mass is 19.4. The molecule has 7 heteroatoms. The Bertz CT molecular complexity index is 462. The number of piperazine rings is 1. The van der Waals surface area contributed by atoms with Crippen molar-refractivity contribution in [3.8, 4) is 0 Å². The van der Waals surface area contributed by atoms with Crippen molar-refractivity contribution in [3.63, 3.8) is 0 Å². The lowest BCUT2D eigenvalue weighted by Gasteiger charge is -2.28. The summed E-state index contributed by atoms with van der Waals surface area (Å²) < 4.78 is 51.4. The first-order valence-electron chi connectivity index (χ1n) is 5.64. The van der Waals surface area contributed by atoms with Crippen LogP contribution in [0.5, 0.6) is 0 Å². The summed E-state index contributed by atoms with van der Waals surface area (Å²) in [5.74, 6) is 0.196. The molecule has 98 valence electrons. The van der Waals surface area contributed by atoms with Crippen LogP contribution in [0.15, 0.2) is 18.3 Å². The molecule has 0 amide bonds. The normalized spacial score (nSPS) is 31.1. The molecule has 18 heavy (non-hydrogen) atoms. The first kappa shape index (κ1) is 11.7. The molecule has 3 rings (SSSR count). The number of nitrogens with zero attached hydrogens (tertiary/aromatic N) is 2. The highest BCUT2D eigenvalue weighted by Gasteiger charge is 2.48. The van der Waals surface area contributed by atoms with Gasteiger partial charge in [0.2, 0.25) is 0 Å². The molecule has 2 bridgehead atoms. The first-order chi connectivity index (χ1) is 8.47. The second kappa shape index (κ2) is 3.81. The standard InChI is InChI=1S/C11H11F4N3/c12-10-7-5-18(8(10)4-17-7)9-3-6(1-2-16-9)11(13,14)15/h1-3,7-8,10,17H,4-5H2/t7-,8-,10?/m1/s1. The molecule has 3 atom stereocenters. The Morgan fingerprint density at radius 3 is 2.72 bits per heavy atom. The Morgan fingerprint density at radius 2 is 2.17 bits per heavy atom. The minimum Gasteiger partial charge on any atom is -0.348 e. The third-order valence-electron chi connectivity index (χ3n) is 3.50. The van der Waals surface area contributed by atoms with Crippen LogP contribution < -0.4 is 10.2 Å². The van der Waals surface area contributed by atoms with E-state index in [2.05, 4.69) is 10.3 Å². The number of anilines is 1. The number of fused-ring (bicyclic) bond motifs is 2. The molecule has 1 N–H and O–H groups in total. The number of hydrogen-bond donors (Lipinski definition) is 1. The van der Waals surface area contributed by atoms with Crippen molar-refractivity contribution in [2.24, 2.45) is 0 Å². The maximum absolute atomic E-state index is 13.7.